The molecule has 0 saturated carbocycles. The summed E-state index contributed by atoms with van der Waals surface area (Å²) in [6, 6.07) is 11.3. The molecule has 2 aromatic carbocycles. The van der Waals surface area contributed by atoms with E-state index in [1.165, 1.54) is 12.1 Å². The van der Waals surface area contributed by atoms with Gasteiger partial charge in [-0.1, -0.05) is 24.3 Å². The lowest BCUT2D eigenvalue weighted by atomic mass is 10.1. The summed E-state index contributed by atoms with van der Waals surface area (Å²) in [5.41, 5.74) is 0.0187. The van der Waals surface area contributed by atoms with Gasteiger partial charge in [-0.3, -0.25) is 4.79 Å². The van der Waals surface area contributed by atoms with Crippen molar-refractivity contribution in [3.05, 3.63) is 65.2 Å². The van der Waals surface area contributed by atoms with Gasteiger partial charge >= 0.3 is 12.1 Å². The maximum atomic E-state index is 12.7. The summed E-state index contributed by atoms with van der Waals surface area (Å²) in [6.45, 7) is -0.626. The van der Waals surface area contributed by atoms with E-state index in [2.05, 4.69) is 5.32 Å². The Labute approximate surface area is 152 Å². The van der Waals surface area contributed by atoms with Gasteiger partial charge in [-0.25, -0.2) is 4.79 Å². The van der Waals surface area contributed by atoms with E-state index in [0.717, 1.165) is 12.1 Å². The van der Waals surface area contributed by atoms with E-state index >= 15 is 0 Å². The van der Waals surface area contributed by atoms with E-state index in [1.54, 1.807) is 30.3 Å². The average Bonchev–Trinajstić information content (AvgIpc) is 2.65. The van der Waals surface area contributed by atoms with E-state index in [0.29, 0.717) is 11.3 Å². The third-order valence-electron chi connectivity index (χ3n) is 3.70. The maximum Gasteiger partial charge on any atom is 0.416 e. The Bertz CT molecular complexity index is 906. The molecule has 0 unspecified atom stereocenters. The van der Waals surface area contributed by atoms with Crippen molar-refractivity contribution in [3.8, 4) is 5.75 Å². The first-order valence-corrected chi connectivity index (χ1v) is 7.89. The second-order valence-electron chi connectivity index (χ2n) is 5.70. The molecule has 0 aromatic heterocycles. The quantitative estimate of drug-likeness (QED) is 0.826. The zero-order valence-electron chi connectivity index (χ0n) is 13.9. The van der Waals surface area contributed by atoms with Crippen LogP contribution in [0.5, 0.6) is 5.75 Å². The number of anilines is 1. The fraction of sp³-hybridized carbons (Fsp3) is 0.158. The van der Waals surface area contributed by atoms with Gasteiger partial charge < -0.3 is 14.8 Å². The summed E-state index contributed by atoms with van der Waals surface area (Å²) in [6.07, 6.45) is -2.91. The molecular weight excluding hydrogens is 363 g/mol. The number of halogens is 3. The zero-order chi connectivity index (χ0) is 19.4. The molecule has 1 amide bonds. The highest BCUT2D eigenvalue weighted by molar-refractivity contribution is 5.98. The first kappa shape index (κ1) is 18.5. The number of fused-ring (bicyclic) bond motifs is 1. The Morgan fingerprint density at radius 3 is 2.67 bits per heavy atom. The monoisotopic (exact) mass is 377 g/mol. The predicted molar refractivity (Wildman–Crippen MR) is 90.9 cm³/mol. The number of hydrogen-bond donors (Lipinski definition) is 1. The van der Waals surface area contributed by atoms with Gasteiger partial charge in [-0.2, -0.15) is 13.2 Å². The van der Waals surface area contributed by atoms with E-state index in [-0.39, 0.29) is 17.9 Å². The van der Waals surface area contributed by atoms with Crippen molar-refractivity contribution in [2.24, 2.45) is 0 Å². The zero-order valence-corrected chi connectivity index (χ0v) is 13.9. The summed E-state index contributed by atoms with van der Waals surface area (Å²) in [5, 5.41) is 2.26. The van der Waals surface area contributed by atoms with Crippen molar-refractivity contribution >= 4 is 23.6 Å². The van der Waals surface area contributed by atoms with Crippen LogP contribution in [0.2, 0.25) is 0 Å². The Hall–Kier alpha value is -3.29. The highest BCUT2D eigenvalue weighted by Gasteiger charge is 2.30. The van der Waals surface area contributed by atoms with E-state index in [9.17, 15) is 22.8 Å². The standard InChI is InChI=1S/C19H14F3NO4/c20-19(21,22)14-5-3-6-15(9-14)23-17(24)11-27-18(25)13-8-12-4-1-2-7-16(12)26-10-13/h1-9H,10-11H2,(H,23,24). The number of para-hydroxylation sites is 1. The van der Waals surface area contributed by atoms with Crippen LogP contribution >= 0.6 is 0 Å². The molecule has 0 saturated heterocycles. The van der Waals surface area contributed by atoms with E-state index in [4.69, 9.17) is 9.47 Å². The molecule has 0 atom stereocenters. The highest BCUT2D eigenvalue weighted by atomic mass is 19.4. The number of esters is 1. The lowest BCUT2D eigenvalue weighted by Crippen LogP contribution is -2.24. The number of benzene rings is 2. The number of ether oxygens (including phenoxy) is 2. The number of nitrogens with one attached hydrogen (secondary N) is 1. The van der Waals surface area contributed by atoms with Crippen LogP contribution in [0.1, 0.15) is 11.1 Å². The number of alkyl halides is 3. The maximum absolute atomic E-state index is 12.7. The van der Waals surface area contributed by atoms with Crippen LogP contribution in [-0.4, -0.2) is 25.1 Å². The molecule has 0 bridgehead atoms. The van der Waals surface area contributed by atoms with Gasteiger partial charge in [0.05, 0.1) is 11.1 Å². The molecule has 2 aromatic rings. The number of rotatable bonds is 4. The van der Waals surface area contributed by atoms with Gasteiger partial charge in [-0.05, 0) is 30.3 Å². The van der Waals surface area contributed by atoms with Crippen molar-refractivity contribution in [2.45, 2.75) is 6.18 Å². The molecule has 8 heteroatoms. The molecule has 1 heterocycles. The van der Waals surface area contributed by atoms with Crippen LogP contribution < -0.4 is 10.1 Å². The molecule has 5 nitrogen and oxygen atoms in total. The Morgan fingerprint density at radius 2 is 1.89 bits per heavy atom. The average molecular weight is 377 g/mol. The van der Waals surface area contributed by atoms with Crippen molar-refractivity contribution < 1.29 is 32.2 Å². The van der Waals surface area contributed by atoms with Crippen LogP contribution in [0.4, 0.5) is 18.9 Å². The van der Waals surface area contributed by atoms with E-state index in [1.807, 2.05) is 0 Å². The lowest BCUT2D eigenvalue weighted by molar-refractivity contribution is -0.143. The second kappa shape index (κ2) is 7.53. The molecule has 0 spiro atoms. The minimum atomic E-state index is -4.52. The molecule has 0 aliphatic carbocycles. The first-order valence-electron chi connectivity index (χ1n) is 7.89. The minimum absolute atomic E-state index is 0.00505. The fourth-order valence-electron chi connectivity index (χ4n) is 2.43. The normalized spacial score (nSPS) is 13.1. The topological polar surface area (TPSA) is 64.6 Å². The molecule has 3 rings (SSSR count). The molecular formula is C19H14F3NO4. The van der Waals surface area contributed by atoms with Crippen LogP contribution in [-0.2, 0) is 20.5 Å². The number of hydrogen-bond acceptors (Lipinski definition) is 4. The summed E-state index contributed by atoms with van der Waals surface area (Å²) in [5.74, 6) is -0.847. The van der Waals surface area contributed by atoms with Gasteiger partial charge in [0, 0.05) is 11.3 Å². The number of carbonyl (C=O) groups excluding carboxylic acids is 2. The largest absolute Gasteiger partial charge is 0.488 e. The Balaban J connectivity index is 1.57. The fourth-order valence-corrected chi connectivity index (χ4v) is 2.43. The van der Waals surface area contributed by atoms with Crippen LogP contribution in [0.3, 0.4) is 0 Å². The van der Waals surface area contributed by atoms with Crippen molar-refractivity contribution in [3.63, 3.8) is 0 Å². The van der Waals surface area contributed by atoms with Gasteiger partial charge in [0.15, 0.2) is 6.61 Å². The van der Waals surface area contributed by atoms with Crippen LogP contribution in [0, 0.1) is 0 Å². The molecule has 1 N–H and O–H groups in total. The van der Waals surface area contributed by atoms with E-state index < -0.39 is 30.2 Å². The molecule has 0 fully saturated rings. The second-order valence-corrected chi connectivity index (χ2v) is 5.70. The van der Waals surface area contributed by atoms with Crippen LogP contribution in [0.25, 0.3) is 6.08 Å². The van der Waals surface area contributed by atoms with Crippen LogP contribution in [0.15, 0.2) is 54.1 Å². The van der Waals surface area contributed by atoms with Crippen molar-refractivity contribution in [1.82, 2.24) is 0 Å². The lowest BCUT2D eigenvalue weighted by Gasteiger charge is -2.17. The predicted octanol–water partition coefficient (Wildman–Crippen LogP) is 3.66. The third kappa shape index (κ3) is 4.66. The number of amides is 1. The van der Waals surface area contributed by atoms with Gasteiger partial charge in [0.2, 0.25) is 0 Å². The summed E-state index contributed by atoms with van der Waals surface area (Å²) < 4.78 is 48.3. The third-order valence-corrected chi connectivity index (χ3v) is 3.70. The molecule has 1 aliphatic rings. The van der Waals surface area contributed by atoms with Gasteiger partial charge in [0.1, 0.15) is 12.4 Å². The first-order chi connectivity index (χ1) is 12.8. The Kier molecular flexibility index (Phi) is 5.16. The minimum Gasteiger partial charge on any atom is -0.488 e. The highest BCUT2D eigenvalue weighted by Crippen LogP contribution is 2.30. The molecule has 0 radical (unpaired) electrons. The van der Waals surface area contributed by atoms with Gasteiger partial charge in [-0.15, -0.1) is 0 Å². The van der Waals surface area contributed by atoms with Crippen molar-refractivity contribution in [1.29, 1.82) is 0 Å². The number of carbonyl (C=O) groups is 2. The summed E-state index contributed by atoms with van der Waals surface area (Å²) >= 11 is 0. The Morgan fingerprint density at radius 1 is 1.11 bits per heavy atom. The molecule has 27 heavy (non-hydrogen) atoms. The molecule has 140 valence electrons. The molecule has 1 aliphatic heterocycles. The summed E-state index contributed by atoms with van der Waals surface area (Å²) in [4.78, 5) is 23.9. The van der Waals surface area contributed by atoms with Crippen molar-refractivity contribution in [2.75, 3.05) is 18.5 Å². The summed E-state index contributed by atoms with van der Waals surface area (Å²) in [7, 11) is 0. The SMILES string of the molecule is O=C(COC(=O)C1=Cc2ccccc2OC1)Nc1cccc(C(F)(F)F)c1. The smallest absolute Gasteiger partial charge is 0.416 e. The van der Waals surface area contributed by atoms with Gasteiger partial charge in [0.25, 0.3) is 5.91 Å².